The first kappa shape index (κ1) is 21.4. The second kappa shape index (κ2) is 9.32. The topological polar surface area (TPSA) is 84.0 Å². The lowest BCUT2D eigenvalue weighted by Crippen LogP contribution is -2.35. The Labute approximate surface area is 161 Å². The highest BCUT2D eigenvalue weighted by atomic mass is 32.2. The Bertz CT molecular complexity index is 753. The molecular weight excluding hydrogens is 368 g/mol. The molecule has 0 radical (unpaired) electrons. The van der Waals surface area contributed by atoms with Gasteiger partial charge >= 0.3 is 5.97 Å². The predicted molar refractivity (Wildman–Crippen MR) is 102 cm³/mol. The molecule has 1 saturated heterocycles. The Kier molecular flexibility index (Phi) is 7.38. The zero-order valence-electron chi connectivity index (χ0n) is 16.2. The monoisotopic (exact) mass is 396 g/mol. The van der Waals surface area contributed by atoms with Gasteiger partial charge in [-0.05, 0) is 43.9 Å². The second-order valence-corrected chi connectivity index (χ2v) is 8.91. The van der Waals surface area contributed by atoms with Crippen LogP contribution in [0.15, 0.2) is 29.2 Å². The summed E-state index contributed by atoms with van der Waals surface area (Å²) in [5, 5.41) is 0. The van der Waals surface area contributed by atoms with Gasteiger partial charge in [-0.15, -0.1) is 0 Å². The van der Waals surface area contributed by atoms with Crippen LogP contribution in [0.3, 0.4) is 0 Å². The van der Waals surface area contributed by atoms with E-state index in [4.69, 9.17) is 4.74 Å². The zero-order chi connectivity index (χ0) is 20.0. The van der Waals surface area contributed by atoms with Gasteiger partial charge in [-0.3, -0.25) is 9.59 Å². The summed E-state index contributed by atoms with van der Waals surface area (Å²) in [6.07, 6.45) is 2.60. The molecule has 7 nitrogen and oxygen atoms in total. The van der Waals surface area contributed by atoms with Crippen molar-refractivity contribution in [2.24, 2.45) is 0 Å². The molecule has 0 unspecified atom stereocenters. The van der Waals surface area contributed by atoms with Gasteiger partial charge < -0.3 is 9.64 Å². The molecule has 1 aliphatic heterocycles. The highest BCUT2D eigenvalue weighted by Gasteiger charge is 2.25. The van der Waals surface area contributed by atoms with Crippen molar-refractivity contribution in [3.05, 3.63) is 29.8 Å². The normalized spacial score (nSPS) is 16.6. The molecular formula is C19H28N2O5S. The van der Waals surface area contributed by atoms with Crippen molar-refractivity contribution in [1.82, 2.24) is 9.21 Å². The molecule has 0 bridgehead atoms. The molecule has 1 aromatic carbocycles. The number of aryl methyl sites for hydroxylation is 1. The van der Waals surface area contributed by atoms with E-state index >= 15 is 0 Å². The van der Waals surface area contributed by atoms with Crippen LogP contribution in [0.1, 0.15) is 38.2 Å². The highest BCUT2D eigenvalue weighted by Crippen LogP contribution is 2.21. The van der Waals surface area contributed by atoms with E-state index in [0.29, 0.717) is 19.5 Å². The van der Waals surface area contributed by atoms with Crippen LogP contribution < -0.4 is 0 Å². The minimum atomic E-state index is -3.44. The zero-order valence-corrected chi connectivity index (χ0v) is 17.0. The highest BCUT2D eigenvalue weighted by molar-refractivity contribution is 7.89. The molecule has 1 aromatic rings. The number of carbonyl (C=O) groups excluding carboxylic acids is 2. The summed E-state index contributed by atoms with van der Waals surface area (Å²) in [5.41, 5.74) is 0.844. The number of likely N-dealkylation sites (N-methyl/N-ethyl adjacent to an activating group) is 1. The van der Waals surface area contributed by atoms with Gasteiger partial charge in [-0.1, -0.05) is 18.6 Å². The third kappa shape index (κ3) is 5.77. The third-order valence-corrected chi connectivity index (χ3v) is 6.50. The molecule has 2 rings (SSSR count). The number of ether oxygens (including phenoxy) is 1. The van der Waals surface area contributed by atoms with E-state index < -0.39 is 22.1 Å². The summed E-state index contributed by atoms with van der Waals surface area (Å²) >= 11 is 0. The van der Waals surface area contributed by atoms with Gasteiger partial charge in [0.2, 0.25) is 10.0 Å². The minimum Gasteiger partial charge on any atom is -0.453 e. The van der Waals surface area contributed by atoms with Crippen LogP contribution in [0.5, 0.6) is 0 Å². The summed E-state index contributed by atoms with van der Waals surface area (Å²) in [7, 11) is -0.237. The molecule has 0 N–H and O–H groups in total. The van der Waals surface area contributed by atoms with Gasteiger partial charge in [-0.25, -0.2) is 8.42 Å². The van der Waals surface area contributed by atoms with Gasteiger partial charge in [0, 0.05) is 33.6 Å². The van der Waals surface area contributed by atoms with E-state index in [1.165, 1.54) is 9.21 Å². The van der Waals surface area contributed by atoms with Crippen LogP contribution in [-0.4, -0.2) is 62.8 Å². The second-order valence-electron chi connectivity index (χ2n) is 6.97. The van der Waals surface area contributed by atoms with Crippen molar-refractivity contribution in [3.63, 3.8) is 0 Å². The molecule has 1 aliphatic rings. The van der Waals surface area contributed by atoms with Crippen LogP contribution >= 0.6 is 0 Å². The maximum absolute atomic E-state index is 12.6. The molecule has 0 aromatic heterocycles. The smallest absolute Gasteiger partial charge is 0.306 e. The molecule has 1 fully saturated rings. The van der Waals surface area contributed by atoms with Crippen molar-refractivity contribution in [2.75, 3.05) is 27.2 Å². The van der Waals surface area contributed by atoms with Gasteiger partial charge in [0.25, 0.3) is 5.91 Å². The summed E-state index contributed by atoms with van der Waals surface area (Å²) in [6.45, 7) is 2.68. The Morgan fingerprint density at radius 3 is 2.26 bits per heavy atom. The fourth-order valence-electron chi connectivity index (χ4n) is 3.00. The number of esters is 1. The number of sulfonamides is 1. The molecule has 8 heteroatoms. The quantitative estimate of drug-likeness (QED) is 0.657. The summed E-state index contributed by atoms with van der Waals surface area (Å²) in [4.78, 5) is 25.2. The maximum atomic E-state index is 12.6. The Hall–Kier alpha value is -1.93. The average Bonchev–Trinajstić information content (AvgIpc) is 2.66. The van der Waals surface area contributed by atoms with Gasteiger partial charge in [0.05, 0.1) is 4.90 Å². The fraction of sp³-hybridized carbons (Fsp3) is 0.579. The van der Waals surface area contributed by atoms with E-state index in [-0.39, 0.29) is 17.2 Å². The number of hydrogen-bond donors (Lipinski definition) is 0. The Balaban J connectivity index is 1.90. The molecule has 1 heterocycles. The van der Waals surface area contributed by atoms with Crippen molar-refractivity contribution in [1.29, 1.82) is 0 Å². The summed E-state index contributed by atoms with van der Waals surface area (Å²) in [5.74, 6) is -0.724. The number of rotatable bonds is 7. The number of amides is 1. The van der Waals surface area contributed by atoms with Crippen LogP contribution in [0.25, 0.3) is 0 Å². The lowest BCUT2D eigenvalue weighted by molar-refractivity contribution is -0.157. The molecule has 0 aliphatic carbocycles. The molecule has 1 amide bonds. The Morgan fingerprint density at radius 2 is 1.70 bits per heavy atom. The largest absolute Gasteiger partial charge is 0.453 e. The fourth-order valence-corrected chi connectivity index (χ4v) is 4.52. The van der Waals surface area contributed by atoms with Gasteiger partial charge in [0.1, 0.15) is 0 Å². The number of hydrogen-bond acceptors (Lipinski definition) is 5. The van der Waals surface area contributed by atoms with Crippen molar-refractivity contribution in [3.8, 4) is 0 Å². The van der Waals surface area contributed by atoms with Gasteiger partial charge in [0.15, 0.2) is 6.10 Å². The van der Waals surface area contributed by atoms with Gasteiger partial charge in [-0.2, -0.15) is 4.31 Å². The molecule has 0 saturated carbocycles. The molecule has 150 valence electrons. The van der Waals surface area contributed by atoms with Crippen LogP contribution in [0.2, 0.25) is 0 Å². The summed E-state index contributed by atoms with van der Waals surface area (Å²) in [6, 6.07) is 6.61. The Morgan fingerprint density at radius 1 is 1.11 bits per heavy atom. The lowest BCUT2D eigenvalue weighted by atomic mass is 10.1. The standard InChI is InChI=1S/C19H28N2O5S/c1-15(19(23)20(2)3)26-18(22)12-9-16-7-10-17(11-8-16)27(24,25)21-13-5-4-6-14-21/h7-8,10-11,15H,4-6,9,12-14H2,1-3H3/t15-/m1/s1. The SMILES string of the molecule is C[C@@H](OC(=O)CCc1ccc(S(=O)(=O)N2CCCCC2)cc1)C(=O)N(C)C. The first-order valence-corrected chi connectivity index (χ1v) is 10.7. The predicted octanol–water partition coefficient (Wildman–Crippen LogP) is 1.81. The van der Waals surface area contributed by atoms with Crippen molar-refractivity contribution >= 4 is 21.9 Å². The third-order valence-electron chi connectivity index (χ3n) is 4.59. The number of nitrogens with zero attached hydrogens (tertiary/aromatic N) is 2. The van der Waals surface area contributed by atoms with Crippen molar-refractivity contribution < 1.29 is 22.7 Å². The lowest BCUT2D eigenvalue weighted by Gasteiger charge is -2.25. The van der Waals surface area contributed by atoms with Crippen LogP contribution in [0.4, 0.5) is 0 Å². The number of piperidine rings is 1. The number of carbonyl (C=O) groups is 2. The average molecular weight is 397 g/mol. The van der Waals surface area contributed by atoms with E-state index in [1.54, 1.807) is 45.3 Å². The summed E-state index contributed by atoms with van der Waals surface area (Å²) < 4.78 is 31.9. The van der Waals surface area contributed by atoms with E-state index in [2.05, 4.69) is 0 Å². The van der Waals surface area contributed by atoms with E-state index in [1.807, 2.05) is 0 Å². The van der Waals surface area contributed by atoms with Crippen molar-refractivity contribution in [2.45, 2.75) is 50.0 Å². The van der Waals surface area contributed by atoms with E-state index in [9.17, 15) is 18.0 Å². The molecule has 27 heavy (non-hydrogen) atoms. The number of benzene rings is 1. The van der Waals surface area contributed by atoms with E-state index in [0.717, 1.165) is 24.8 Å². The van der Waals surface area contributed by atoms with Crippen LogP contribution in [-0.2, 0) is 30.8 Å². The van der Waals surface area contributed by atoms with Crippen LogP contribution in [0, 0.1) is 0 Å². The first-order valence-electron chi connectivity index (χ1n) is 9.21. The first-order chi connectivity index (χ1) is 12.7. The minimum absolute atomic E-state index is 0.128. The molecule has 0 spiro atoms. The maximum Gasteiger partial charge on any atom is 0.306 e. The molecule has 1 atom stereocenters.